The minimum absolute atomic E-state index is 0.0590. The van der Waals surface area contributed by atoms with E-state index in [-0.39, 0.29) is 17.8 Å². The lowest BCUT2D eigenvalue weighted by Gasteiger charge is -2.05. The predicted octanol–water partition coefficient (Wildman–Crippen LogP) is 1.95. The molecule has 0 fully saturated rings. The molecule has 0 atom stereocenters. The van der Waals surface area contributed by atoms with E-state index in [1.54, 1.807) is 0 Å². The Hall–Kier alpha value is -2.38. The third-order valence-corrected chi connectivity index (χ3v) is 3.27. The fourth-order valence-electron chi connectivity index (χ4n) is 2.15. The molecule has 1 aromatic heterocycles. The second-order valence-electron chi connectivity index (χ2n) is 4.71. The molecule has 1 rings (SSSR count). The molecule has 0 spiro atoms. The zero-order valence-electron chi connectivity index (χ0n) is 13.2. The number of carbonyl (C=O) groups is 3. The Bertz CT molecular complexity index is 640. The molecule has 8 nitrogen and oxygen atoms in total. The summed E-state index contributed by atoms with van der Waals surface area (Å²) in [5.41, 5.74) is -1.06. The van der Waals surface area contributed by atoms with Gasteiger partial charge in [-0.25, -0.2) is 14.4 Å². The number of imidazole rings is 1. The Morgan fingerprint density at radius 2 is 1.55 bits per heavy atom. The highest BCUT2D eigenvalue weighted by molar-refractivity contribution is 5.99. The van der Waals surface area contributed by atoms with Gasteiger partial charge in [0.2, 0.25) is 0 Å². The average molecular weight is 312 g/mol. The van der Waals surface area contributed by atoms with E-state index in [9.17, 15) is 19.2 Å². The highest BCUT2D eigenvalue weighted by Gasteiger charge is 2.29. The molecular formula is C14H20N2O6. The summed E-state index contributed by atoms with van der Waals surface area (Å²) in [7, 11) is 2.19. The van der Waals surface area contributed by atoms with Gasteiger partial charge in [0.05, 0.1) is 19.9 Å². The number of hydrogen-bond acceptors (Lipinski definition) is 6. The van der Waals surface area contributed by atoms with Crippen LogP contribution in [-0.2, 0) is 9.47 Å². The minimum Gasteiger partial charge on any atom is -0.452 e. The van der Waals surface area contributed by atoms with Crippen LogP contribution in [0.15, 0.2) is 4.79 Å². The second kappa shape index (κ2) is 7.58. The smallest absolute Gasteiger partial charge is 0.422 e. The van der Waals surface area contributed by atoms with Crippen LogP contribution in [0.5, 0.6) is 0 Å². The topological polar surface area (TPSA) is 96.6 Å². The number of hydrogen-bond donors (Lipinski definition) is 0. The molecule has 0 amide bonds. The maximum Gasteiger partial charge on any atom is 0.422 e. The first-order valence-electron chi connectivity index (χ1n) is 6.94. The molecule has 0 radical (unpaired) electrons. The lowest BCUT2D eigenvalue weighted by molar-refractivity contribution is 0.0966. The van der Waals surface area contributed by atoms with E-state index in [1.165, 1.54) is 6.92 Å². The third-order valence-electron chi connectivity index (χ3n) is 3.27. The number of aromatic nitrogens is 2. The normalized spacial score (nSPS) is 10.4. The maximum atomic E-state index is 12.3. The fourth-order valence-corrected chi connectivity index (χ4v) is 2.15. The Balaban J connectivity index is 3.41. The first-order valence-corrected chi connectivity index (χ1v) is 6.94. The number of ether oxygens (including phenoxy) is 2. The van der Waals surface area contributed by atoms with E-state index in [1.807, 2.05) is 6.92 Å². The van der Waals surface area contributed by atoms with Gasteiger partial charge in [0, 0.05) is 6.42 Å². The largest absolute Gasteiger partial charge is 0.452 e. The summed E-state index contributed by atoms with van der Waals surface area (Å²) in [5.74, 6) is -0.392. The van der Waals surface area contributed by atoms with Crippen LogP contribution >= 0.6 is 0 Å². The quantitative estimate of drug-likeness (QED) is 0.609. The Labute approximate surface area is 127 Å². The Kier molecular flexibility index (Phi) is 6.09. The van der Waals surface area contributed by atoms with Crippen molar-refractivity contribution < 1.29 is 23.9 Å². The number of nitrogens with zero attached hydrogens (tertiary/aromatic N) is 2. The first kappa shape index (κ1) is 17.7. The van der Waals surface area contributed by atoms with Gasteiger partial charge < -0.3 is 9.47 Å². The Morgan fingerprint density at radius 1 is 1.00 bits per heavy atom. The van der Waals surface area contributed by atoms with Gasteiger partial charge in [-0.05, 0) is 13.3 Å². The molecule has 0 aliphatic carbocycles. The molecule has 0 aromatic carbocycles. The SMILES string of the molecule is CCCCCC(=O)c1c(C)n(C(=O)OC)c(=O)n1C(=O)OC. The van der Waals surface area contributed by atoms with E-state index >= 15 is 0 Å². The van der Waals surface area contributed by atoms with Crippen LogP contribution in [0.2, 0.25) is 0 Å². The van der Waals surface area contributed by atoms with Gasteiger partial charge in [0.15, 0.2) is 5.78 Å². The van der Waals surface area contributed by atoms with Crippen molar-refractivity contribution >= 4 is 18.0 Å². The van der Waals surface area contributed by atoms with Crippen molar-refractivity contribution in [2.75, 3.05) is 14.2 Å². The van der Waals surface area contributed by atoms with Crippen molar-refractivity contribution in [2.45, 2.75) is 39.5 Å². The zero-order chi connectivity index (χ0) is 16.9. The lowest BCUT2D eigenvalue weighted by atomic mass is 10.1. The second-order valence-corrected chi connectivity index (χ2v) is 4.71. The van der Waals surface area contributed by atoms with Gasteiger partial charge in [-0.15, -0.1) is 0 Å². The van der Waals surface area contributed by atoms with Gasteiger partial charge in [0.25, 0.3) is 0 Å². The van der Waals surface area contributed by atoms with Gasteiger partial charge >= 0.3 is 17.9 Å². The zero-order valence-corrected chi connectivity index (χ0v) is 13.2. The van der Waals surface area contributed by atoms with Crippen LogP contribution in [0.3, 0.4) is 0 Å². The van der Waals surface area contributed by atoms with Crippen LogP contribution in [0.1, 0.15) is 48.8 Å². The van der Waals surface area contributed by atoms with Gasteiger partial charge in [-0.1, -0.05) is 19.8 Å². The molecule has 0 aliphatic rings. The summed E-state index contributed by atoms with van der Waals surface area (Å²) in [6, 6.07) is 0. The van der Waals surface area contributed by atoms with Gasteiger partial charge in [-0.2, -0.15) is 9.13 Å². The van der Waals surface area contributed by atoms with Crippen LogP contribution < -0.4 is 5.69 Å². The van der Waals surface area contributed by atoms with E-state index in [4.69, 9.17) is 0 Å². The molecule has 122 valence electrons. The number of carbonyl (C=O) groups excluding carboxylic acids is 3. The summed E-state index contributed by atoms with van der Waals surface area (Å²) >= 11 is 0. The van der Waals surface area contributed by atoms with E-state index in [0.717, 1.165) is 27.1 Å². The van der Waals surface area contributed by atoms with Crippen molar-refractivity contribution in [2.24, 2.45) is 0 Å². The predicted molar refractivity (Wildman–Crippen MR) is 77.5 cm³/mol. The highest BCUT2D eigenvalue weighted by Crippen LogP contribution is 2.13. The summed E-state index contributed by atoms with van der Waals surface area (Å²) < 4.78 is 10.2. The third kappa shape index (κ3) is 3.26. The highest BCUT2D eigenvalue weighted by atomic mass is 16.5. The van der Waals surface area contributed by atoms with Gasteiger partial charge in [0.1, 0.15) is 5.69 Å². The van der Waals surface area contributed by atoms with Crippen LogP contribution in [0, 0.1) is 6.92 Å². The van der Waals surface area contributed by atoms with Gasteiger partial charge in [-0.3, -0.25) is 4.79 Å². The molecule has 0 unspecified atom stereocenters. The average Bonchev–Trinajstić information content (AvgIpc) is 2.77. The van der Waals surface area contributed by atoms with E-state index in [0.29, 0.717) is 15.6 Å². The molecule has 0 N–H and O–H groups in total. The first-order chi connectivity index (χ1) is 10.4. The molecule has 0 saturated heterocycles. The van der Waals surface area contributed by atoms with Crippen molar-refractivity contribution in [1.82, 2.24) is 9.13 Å². The Morgan fingerprint density at radius 3 is 2.05 bits per heavy atom. The summed E-state index contributed by atoms with van der Waals surface area (Å²) in [6.07, 6.45) is 0.607. The molecule has 0 bridgehead atoms. The summed E-state index contributed by atoms with van der Waals surface area (Å²) in [6.45, 7) is 3.40. The molecule has 22 heavy (non-hydrogen) atoms. The number of ketones is 1. The summed E-state index contributed by atoms with van der Waals surface area (Å²) in [5, 5.41) is 0. The van der Waals surface area contributed by atoms with Crippen molar-refractivity contribution in [3.63, 3.8) is 0 Å². The lowest BCUT2D eigenvalue weighted by Crippen LogP contribution is -2.34. The maximum absolute atomic E-state index is 12.3. The van der Waals surface area contributed by atoms with E-state index in [2.05, 4.69) is 9.47 Å². The molecule has 1 heterocycles. The minimum atomic E-state index is -1.02. The number of rotatable bonds is 5. The van der Waals surface area contributed by atoms with Crippen LogP contribution in [-0.4, -0.2) is 41.3 Å². The molecular weight excluding hydrogens is 292 g/mol. The van der Waals surface area contributed by atoms with Crippen LogP contribution in [0.25, 0.3) is 0 Å². The van der Waals surface area contributed by atoms with Crippen molar-refractivity contribution in [3.8, 4) is 0 Å². The number of unbranched alkanes of at least 4 members (excludes halogenated alkanes) is 2. The molecule has 8 heteroatoms. The standard InChI is InChI=1S/C14H20N2O6/c1-5-6-7-8-10(17)11-9(2)15(13(19)21-3)12(18)16(11)14(20)22-4/h5-8H2,1-4H3. The van der Waals surface area contributed by atoms with Crippen molar-refractivity contribution in [1.29, 1.82) is 0 Å². The molecule has 0 saturated carbocycles. The molecule has 1 aromatic rings. The molecule has 0 aliphatic heterocycles. The fraction of sp³-hybridized carbons (Fsp3) is 0.571. The van der Waals surface area contributed by atoms with E-state index < -0.39 is 23.7 Å². The monoisotopic (exact) mass is 312 g/mol. The number of Topliss-reactive ketones (excluding diaryl/α,β-unsaturated/α-hetero) is 1. The van der Waals surface area contributed by atoms with Crippen LogP contribution in [0.4, 0.5) is 9.59 Å². The van der Waals surface area contributed by atoms with Crippen molar-refractivity contribution in [3.05, 3.63) is 21.9 Å². The summed E-state index contributed by atoms with van der Waals surface area (Å²) in [4.78, 5) is 48.0. The number of methoxy groups -OCH3 is 2.